The Labute approximate surface area is 226 Å². The van der Waals surface area contributed by atoms with Crippen LogP contribution in [0.2, 0.25) is 0 Å². The zero-order valence-electron chi connectivity index (χ0n) is 19.5. The molecule has 2 aromatic carbocycles. The zero-order chi connectivity index (χ0) is 25.6. The third-order valence-electron chi connectivity index (χ3n) is 5.88. The zero-order valence-corrected chi connectivity index (χ0v) is 23.5. The van der Waals surface area contributed by atoms with Crippen LogP contribution in [-0.4, -0.2) is 24.3 Å². The van der Waals surface area contributed by atoms with Crippen LogP contribution in [0.1, 0.15) is 31.2 Å². The molecule has 0 aliphatic carbocycles. The van der Waals surface area contributed by atoms with Gasteiger partial charge in [0.25, 0.3) is 5.56 Å². The molecule has 4 aromatic rings. The minimum absolute atomic E-state index is 0.196. The van der Waals surface area contributed by atoms with Crippen molar-refractivity contribution in [3.63, 3.8) is 0 Å². The molecule has 0 unspecified atom stereocenters. The first-order chi connectivity index (χ1) is 17.3. The van der Waals surface area contributed by atoms with Gasteiger partial charge in [0.1, 0.15) is 17.6 Å². The second-order valence-corrected chi connectivity index (χ2v) is 10.6. The number of aromatic nitrogens is 1. The van der Waals surface area contributed by atoms with E-state index in [9.17, 15) is 9.59 Å². The Hall–Kier alpha value is -2.95. The number of fused-ring (bicyclic) bond motifs is 2. The van der Waals surface area contributed by atoms with E-state index in [1.54, 1.807) is 37.7 Å². The molecule has 0 bridgehead atoms. The maximum Gasteiger partial charge on any atom is 0.338 e. The lowest BCUT2D eigenvalue weighted by Crippen LogP contribution is -2.40. The molecular weight excluding hydrogens is 612 g/mol. The van der Waals surface area contributed by atoms with Gasteiger partial charge in [0.05, 0.1) is 34.0 Å². The van der Waals surface area contributed by atoms with Crippen LogP contribution in [0.5, 0.6) is 5.75 Å². The van der Waals surface area contributed by atoms with Crippen molar-refractivity contribution in [2.24, 2.45) is 4.99 Å². The van der Waals surface area contributed by atoms with E-state index in [-0.39, 0.29) is 12.2 Å². The highest BCUT2D eigenvalue weighted by molar-refractivity contribution is 9.13. The number of rotatable bonds is 5. The minimum Gasteiger partial charge on any atom is -0.496 e. The number of halogens is 2. The summed E-state index contributed by atoms with van der Waals surface area (Å²) in [5.41, 5.74) is 1.19. The van der Waals surface area contributed by atoms with Crippen molar-refractivity contribution in [3.8, 4) is 5.75 Å². The molecule has 1 atom stereocenters. The smallest absolute Gasteiger partial charge is 0.338 e. The Balaban J connectivity index is 1.85. The van der Waals surface area contributed by atoms with Gasteiger partial charge >= 0.3 is 5.97 Å². The molecule has 0 fully saturated rings. The Kier molecular flexibility index (Phi) is 6.76. The number of nitrogens with zero attached hydrogens (tertiary/aromatic N) is 2. The van der Waals surface area contributed by atoms with Crippen molar-refractivity contribution in [3.05, 3.63) is 93.9 Å². The summed E-state index contributed by atoms with van der Waals surface area (Å²) in [6, 6.07) is 12.6. The summed E-state index contributed by atoms with van der Waals surface area (Å²) in [6.07, 6.45) is 1.67. The van der Waals surface area contributed by atoms with Crippen LogP contribution in [0.4, 0.5) is 0 Å². The summed E-state index contributed by atoms with van der Waals surface area (Å²) in [7, 11) is 1.57. The van der Waals surface area contributed by atoms with Gasteiger partial charge in [0, 0.05) is 11.6 Å². The predicted molar refractivity (Wildman–Crippen MR) is 145 cm³/mol. The van der Waals surface area contributed by atoms with E-state index in [2.05, 4.69) is 36.9 Å². The lowest BCUT2D eigenvalue weighted by atomic mass is 9.90. The van der Waals surface area contributed by atoms with Gasteiger partial charge in [-0.05, 0) is 68.6 Å². The fourth-order valence-corrected chi connectivity index (χ4v) is 6.00. The number of ether oxygens (including phenoxy) is 2. The summed E-state index contributed by atoms with van der Waals surface area (Å²) < 4.78 is 20.1. The van der Waals surface area contributed by atoms with Crippen LogP contribution in [-0.2, 0) is 9.53 Å². The lowest BCUT2D eigenvalue weighted by Gasteiger charge is -2.27. The van der Waals surface area contributed by atoms with Crippen molar-refractivity contribution in [1.29, 1.82) is 0 Å². The van der Waals surface area contributed by atoms with E-state index in [0.717, 1.165) is 15.2 Å². The van der Waals surface area contributed by atoms with Crippen molar-refractivity contribution >= 4 is 66.0 Å². The maximum atomic E-state index is 13.9. The number of allylic oxidation sites excluding steroid dienone is 1. The molecule has 0 saturated heterocycles. The van der Waals surface area contributed by atoms with Gasteiger partial charge in [-0.3, -0.25) is 9.36 Å². The van der Waals surface area contributed by atoms with Crippen LogP contribution < -0.4 is 19.6 Å². The molecule has 1 aliphatic heterocycles. The van der Waals surface area contributed by atoms with Gasteiger partial charge < -0.3 is 13.9 Å². The second-order valence-electron chi connectivity index (χ2n) is 7.98. The van der Waals surface area contributed by atoms with Crippen LogP contribution in [0, 0.1) is 0 Å². The topological polar surface area (TPSA) is 83.0 Å². The van der Waals surface area contributed by atoms with Crippen LogP contribution >= 0.6 is 43.2 Å². The molecule has 1 aliphatic rings. The highest BCUT2D eigenvalue weighted by Crippen LogP contribution is 2.40. The number of carbonyl (C=O) groups excluding carboxylic acids is 1. The maximum absolute atomic E-state index is 13.9. The largest absolute Gasteiger partial charge is 0.496 e. The molecule has 0 amide bonds. The van der Waals surface area contributed by atoms with E-state index in [4.69, 9.17) is 13.9 Å². The fourth-order valence-electron chi connectivity index (χ4n) is 4.36. The van der Waals surface area contributed by atoms with Crippen LogP contribution in [0.3, 0.4) is 0 Å². The highest BCUT2D eigenvalue weighted by atomic mass is 79.9. The molecular formula is C26H20Br2N2O5S. The van der Waals surface area contributed by atoms with E-state index in [0.29, 0.717) is 42.3 Å². The highest BCUT2D eigenvalue weighted by Gasteiger charge is 2.36. The Morgan fingerprint density at radius 1 is 1.25 bits per heavy atom. The van der Waals surface area contributed by atoms with Gasteiger partial charge in [0.2, 0.25) is 0 Å². The first-order valence-corrected chi connectivity index (χ1v) is 13.4. The van der Waals surface area contributed by atoms with E-state index in [1.807, 2.05) is 36.4 Å². The first-order valence-electron chi connectivity index (χ1n) is 11.0. The first kappa shape index (κ1) is 24.7. The van der Waals surface area contributed by atoms with Gasteiger partial charge in [-0.2, -0.15) is 0 Å². The summed E-state index contributed by atoms with van der Waals surface area (Å²) >= 11 is 7.96. The molecule has 10 heteroatoms. The SMILES string of the molecule is CCOC(=O)C1=C(C)N=c2s/c(=C/c3cc(Br)c(Br)o3)c(=O)n2[C@@H]1c1c(OC)ccc2ccccc12. The average Bonchev–Trinajstić information content (AvgIpc) is 3.34. The van der Waals surface area contributed by atoms with Crippen molar-refractivity contribution in [1.82, 2.24) is 4.57 Å². The molecule has 184 valence electrons. The number of hydrogen-bond donors (Lipinski definition) is 0. The summed E-state index contributed by atoms with van der Waals surface area (Å²) in [5.74, 6) is 0.537. The van der Waals surface area contributed by atoms with Gasteiger partial charge in [-0.1, -0.05) is 41.7 Å². The van der Waals surface area contributed by atoms with E-state index >= 15 is 0 Å². The number of carbonyl (C=O) groups is 1. The predicted octanol–water partition coefficient (Wildman–Crippen LogP) is 5.08. The summed E-state index contributed by atoms with van der Waals surface area (Å²) in [6.45, 7) is 3.70. The second kappa shape index (κ2) is 9.84. The van der Waals surface area contributed by atoms with E-state index in [1.165, 1.54) is 11.3 Å². The number of benzene rings is 2. The van der Waals surface area contributed by atoms with Crippen molar-refractivity contribution < 1.29 is 18.7 Å². The molecule has 5 rings (SSSR count). The third kappa shape index (κ3) is 4.16. The molecule has 0 radical (unpaired) electrons. The van der Waals surface area contributed by atoms with Gasteiger partial charge in [0.15, 0.2) is 9.47 Å². The number of thiazole rings is 1. The van der Waals surface area contributed by atoms with Gasteiger partial charge in [-0.15, -0.1) is 0 Å². The monoisotopic (exact) mass is 630 g/mol. The van der Waals surface area contributed by atoms with Crippen LogP contribution in [0.15, 0.2) is 77.1 Å². The van der Waals surface area contributed by atoms with Gasteiger partial charge in [-0.25, -0.2) is 9.79 Å². The molecule has 2 aromatic heterocycles. The van der Waals surface area contributed by atoms with E-state index < -0.39 is 12.0 Å². The third-order valence-corrected chi connectivity index (χ3v) is 8.57. The van der Waals surface area contributed by atoms with Crippen molar-refractivity contribution in [2.75, 3.05) is 13.7 Å². The number of hydrogen-bond acceptors (Lipinski definition) is 7. The molecule has 3 heterocycles. The molecule has 0 N–H and O–H groups in total. The standard InChI is InChI=1S/C26H20Br2N2O5S/c1-4-34-25(32)20-13(2)29-26-30(24(31)19(36-26)12-15-11-17(27)23(28)35-15)22(20)21-16-8-6-5-7-14(16)9-10-18(21)33-3/h5-12,22H,4H2,1-3H3/b19-12+/t22-/m0/s1. The Bertz CT molecular complexity index is 1710. The molecule has 36 heavy (non-hydrogen) atoms. The average molecular weight is 632 g/mol. The molecule has 0 saturated carbocycles. The number of esters is 1. The number of methoxy groups -OCH3 is 1. The number of furan rings is 1. The normalized spacial score (nSPS) is 15.7. The van der Waals surface area contributed by atoms with Crippen molar-refractivity contribution in [2.45, 2.75) is 19.9 Å². The Morgan fingerprint density at radius 3 is 2.72 bits per heavy atom. The summed E-state index contributed by atoms with van der Waals surface area (Å²) in [5, 5.41) is 1.82. The quantitative estimate of drug-likeness (QED) is 0.287. The fraction of sp³-hybridized carbons (Fsp3) is 0.192. The minimum atomic E-state index is -0.793. The van der Waals surface area contributed by atoms with Crippen LogP contribution in [0.25, 0.3) is 16.8 Å². The Morgan fingerprint density at radius 2 is 2.03 bits per heavy atom. The summed E-state index contributed by atoms with van der Waals surface area (Å²) in [4.78, 5) is 32.2. The molecule has 7 nitrogen and oxygen atoms in total. The molecule has 0 spiro atoms. The lowest BCUT2D eigenvalue weighted by molar-refractivity contribution is -0.139.